The first kappa shape index (κ1) is 18.1. The van der Waals surface area contributed by atoms with E-state index in [1.807, 2.05) is 6.92 Å². The Morgan fingerprint density at radius 3 is 2.50 bits per heavy atom. The summed E-state index contributed by atoms with van der Waals surface area (Å²) in [7, 11) is -2.88. The van der Waals surface area contributed by atoms with Crippen molar-refractivity contribution in [3.63, 3.8) is 0 Å². The van der Waals surface area contributed by atoms with Gasteiger partial charge in [0.2, 0.25) is 0 Å². The lowest BCUT2D eigenvalue weighted by Crippen LogP contribution is -2.33. The maximum atomic E-state index is 10.8. The highest BCUT2D eigenvalue weighted by Crippen LogP contribution is 1.88. The minimum absolute atomic E-state index is 0. The molecule has 0 saturated carbocycles. The van der Waals surface area contributed by atoms with Gasteiger partial charge in [0, 0.05) is 12.8 Å². The van der Waals surface area contributed by atoms with Crippen molar-refractivity contribution in [2.75, 3.05) is 25.1 Å². The Bertz CT molecular complexity index is 339. The summed E-state index contributed by atoms with van der Waals surface area (Å²) in [4.78, 5) is 3.99. The van der Waals surface area contributed by atoms with Crippen LogP contribution in [0.2, 0.25) is 0 Å². The highest BCUT2D eigenvalue weighted by Gasteiger charge is 2.00. The molecule has 3 N–H and O–H groups in total. The number of aliphatic imine (C=N–C) groups is 1. The van der Waals surface area contributed by atoms with E-state index in [2.05, 4.69) is 16.9 Å². The molecule has 0 atom stereocenters. The van der Waals surface area contributed by atoms with E-state index in [0.717, 1.165) is 5.57 Å². The van der Waals surface area contributed by atoms with E-state index in [9.17, 15) is 8.42 Å². The van der Waals surface area contributed by atoms with Crippen LogP contribution in [0.3, 0.4) is 0 Å². The molecule has 0 bridgehead atoms. The molecule has 96 valence electrons. The molecule has 0 aromatic heterocycles. The van der Waals surface area contributed by atoms with Gasteiger partial charge in [-0.15, -0.1) is 24.0 Å². The predicted octanol–water partition coefficient (Wildman–Crippen LogP) is 0.520. The zero-order valence-corrected chi connectivity index (χ0v) is 12.8. The summed E-state index contributed by atoms with van der Waals surface area (Å²) >= 11 is 0. The third-order valence-electron chi connectivity index (χ3n) is 1.52. The summed E-state index contributed by atoms with van der Waals surface area (Å²) in [5.41, 5.74) is 6.45. The highest BCUT2D eigenvalue weighted by atomic mass is 127. The van der Waals surface area contributed by atoms with Crippen molar-refractivity contribution in [3.05, 3.63) is 12.2 Å². The van der Waals surface area contributed by atoms with Gasteiger partial charge in [-0.05, 0) is 13.3 Å². The van der Waals surface area contributed by atoms with Crippen LogP contribution >= 0.6 is 24.0 Å². The second-order valence-electron chi connectivity index (χ2n) is 3.57. The topological polar surface area (TPSA) is 84.5 Å². The first-order chi connectivity index (χ1) is 6.81. The number of hydrogen-bond donors (Lipinski definition) is 2. The van der Waals surface area contributed by atoms with Gasteiger partial charge in [-0.1, -0.05) is 12.2 Å². The van der Waals surface area contributed by atoms with Crippen LogP contribution in [0.25, 0.3) is 0 Å². The summed E-state index contributed by atoms with van der Waals surface area (Å²) in [6.07, 6.45) is 1.74. The number of sulfone groups is 1. The normalized spacial score (nSPS) is 11.8. The fourth-order valence-electron chi connectivity index (χ4n) is 0.827. The van der Waals surface area contributed by atoms with Crippen LogP contribution in [0.1, 0.15) is 13.3 Å². The van der Waals surface area contributed by atoms with Crippen LogP contribution in [0.5, 0.6) is 0 Å². The second kappa shape index (κ2) is 8.80. The molecule has 0 amide bonds. The lowest BCUT2D eigenvalue weighted by molar-refractivity contribution is 0.598. The van der Waals surface area contributed by atoms with Crippen LogP contribution < -0.4 is 11.1 Å². The Hall–Kier alpha value is -0.310. The second-order valence-corrected chi connectivity index (χ2v) is 5.83. The molecule has 0 radical (unpaired) electrons. The van der Waals surface area contributed by atoms with Gasteiger partial charge in [0.25, 0.3) is 0 Å². The van der Waals surface area contributed by atoms with Gasteiger partial charge in [0.15, 0.2) is 5.96 Å². The molecule has 0 heterocycles. The average molecular weight is 361 g/mol. The number of nitrogens with zero attached hydrogens (tertiary/aromatic N) is 1. The molecule has 0 fully saturated rings. The van der Waals surface area contributed by atoms with E-state index >= 15 is 0 Å². The first-order valence-electron chi connectivity index (χ1n) is 4.67. The molecule has 0 aliphatic rings. The van der Waals surface area contributed by atoms with E-state index < -0.39 is 9.84 Å². The molecular formula is C9H20IN3O2S. The van der Waals surface area contributed by atoms with E-state index in [1.165, 1.54) is 6.26 Å². The fourth-order valence-corrected chi connectivity index (χ4v) is 1.50. The number of rotatable bonds is 6. The molecule has 0 spiro atoms. The molecule has 0 unspecified atom stereocenters. The Labute approximate surface area is 115 Å². The molecule has 7 heteroatoms. The van der Waals surface area contributed by atoms with Crippen molar-refractivity contribution in [2.24, 2.45) is 10.7 Å². The molecule has 0 aromatic rings. The van der Waals surface area contributed by atoms with Crippen LogP contribution in [0, 0.1) is 0 Å². The average Bonchev–Trinajstić information content (AvgIpc) is 2.07. The summed E-state index contributed by atoms with van der Waals surface area (Å²) in [6.45, 7) is 6.55. The molecule has 0 aliphatic carbocycles. The van der Waals surface area contributed by atoms with Gasteiger partial charge in [0.05, 0.1) is 12.3 Å². The Morgan fingerprint density at radius 2 is 2.06 bits per heavy atom. The van der Waals surface area contributed by atoms with Crippen molar-refractivity contribution < 1.29 is 8.42 Å². The molecule has 0 aliphatic heterocycles. The van der Waals surface area contributed by atoms with Crippen LogP contribution in [-0.2, 0) is 9.84 Å². The number of nitrogens with two attached hydrogens (primary N) is 1. The summed E-state index contributed by atoms with van der Waals surface area (Å²) in [6, 6.07) is 0. The minimum atomic E-state index is -2.88. The van der Waals surface area contributed by atoms with Crippen molar-refractivity contribution in [1.29, 1.82) is 0 Å². The van der Waals surface area contributed by atoms with E-state index in [0.29, 0.717) is 25.5 Å². The highest BCUT2D eigenvalue weighted by molar-refractivity contribution is 14.0. The number of halogens is 1. The molecule has 5 nitrogen and oxygen atoms in total. The number of nitrogens with one attached hydrogen (secondary N) is 1. The number of hydrogen-bond acceptors (Lipinski definition) is 3. The van der Waals surface area contributed by atoms with Gasteiger partial charge in [-0.2, -0.15) is 0 Å². The quantitative estimate of drug-likeness (QED) is 0.238. The fraction of sp³-hybridized carbons (Fsp3) is 0.667. The van der Waals surface area contributed by atoms with E-state index in [4.69, 9.17) is 5.73 Å². The Kier molecular flexibility index (Phi) is 9.93. The SMILES string of the molecule is C=C(C)CN=C(N)NCCCS(C)(=O)=O.I. The largest absolute Gasteiger partial charge is 0.370 e. The first-order valence-corrected chi connectivity index (χ1v) is 6.73. The van der Waals surface area contributed by atoms with Crippen LogP contribution in [-0.4, -0.2) is 39.5 Å². The zero-order valence-electron chi connectivity index (χ0n) is 9.69. The van der Waals surface area contributed by atoms with Gasteiger partial charge in [-0.25, -0.2) is 13.4 Å². The lowest BCUT2D eigenvalue weighted by atomic mass is 10.4. The Morgan fingerprint density at radius 1 is 1.50 bits per heavy atom. The third-order valence-corrected chi connectivity index (χ3v) is 2.55. The molecule has 0 saturated heterocycles. The van der Waals surface area contributed by atoms with Gasteiger partial charge < -0.3 is 11.1 Å². The molecule has 0 rings (SSSR count). The van der Waals surface area contributed by atoms with Crippen molar-refractivity contribution in [2.45, 2.75) is 13.3 Å². The summed E-state index contributed by atoms with van der Waals surface area (Å²) in [5.74, 6) is 0.486. The summed E-state index contributed by atoms with van der Waals surface area (Å²) < 4.78 is 21.6. The third kappa shape index (κ3) is 13.7. The monoisotopic (exact) mass is 361 g/mol. The summed E-state index contributed by atoms with van der Waals surface area (Å²) in [5, 5.41) is 2.83. The van der Waals surface area contributed by atoms with E-state index in [-0.39, 0.29) is 29.7 Å². The van der Waals surface area contributed by atoms with Crippen LogP contribution in [0.15, 0.2) is 17.1 Å². The van der Waals surface area contributed by atoms with Gasteiger partial charge in [0.1, 0.15) is 9.84 Å². The predicted molar refractivity (Wildman–Crippen MR) is 79.0 cm³/mol. The van der Waals surface area contributed by atoms with Gasteiger partial charge in [-0.3, -0.25) is 0 Å². The zero-order chi connectivity index (χ0) is 11.9. The molecule has 0 aromatic carbocycles. The van der Waals surface area contributed by atoms with E-state index in [1.54, 1.807) is 0 Å². The maximum absolute atomic E-state index is 10.8. The maximum Gasteiger partial charge on any atom is 0.188 e. The van der Waals surface area contributed by atoms with Crippen molar-refractivity contribution in [3.8, 4) is 0 Å². The lowest BCUT2D eigenvalue weighted by Gasteiger charge is -2.04. The minimum Gasteiger partial charge on any atom is -0.370 e. The van der Waals surface area contributed by atoms with Crippen molar-refractivity contribution >= 4 is 39.8 Å². The standard InChI is InChI=1S/C9H19N3O2S.HI/c1-8(2)7-12-9(10)11-5-4-6-15(3,13)14;/h1,4-7H2,2-3H3,(H3,10,11,12);1H. The molecular weight excluding hydrogens is 341 g/mol. The number of guanidine groups is 1. The molecule has 16 heavy (non-hydrogen) atoms. The van der Waals surface area contributed by atoms with Gasteiger partial charge >= 0.3 is 0 Å². The Balaban J connectivity index is 0. The van der Waals surface area contributed by atoms with Crippen molar-refractivity contribution in [1.82, 2.24) is 5.32 Å². The smallest absolute Gasteiger partial charge is 0.188 e. The van der Waals surface area contributed by atoms with Crippen LogP contribution in [0.4, 0.5) is 0 Å².